The zero-order valence-corrected chi connectivity index (χ0v) is 13.0. The van der Waals surface area contributed by atoms with Crippen molar-refractivity contribution in [1.82, 2.24) is 10.2 Å². The van der Waals surface area contributed by atoms with Crippen LogP contribution in [-0.2, 0) is 9.59 Å². The van der Waals surface area contributed by atoms with Gasteiger partial charge in [0.1, 0.15) is 0 Å². The van der Waals surface area contributed by atoms with E-state index in [1.807, 2.05) is 25.7 Å². The number of hydrogen-bond donors (Lipinski definition) is 1. The Kier molecular flexibility index (Phi) is 5.39. The summed E-state index contributed by atoms with van der Waals surface area (Å²) in [4.78, 5) is 26.4. The van der Waals surface area contributed by atoms with Gasteiger partial charge < -0.3 is 10.2 Å². The first-order chi connectivity index (χ1) is 8.80. The molecule has 4 nitrogen and oxygen atoms in total. The molecule has 0 spiro atoms. The molecule has 1 aliphatic rings. The molecule has 1 heterocycles. The van der Waals surface area contributed by atoms with Crippen LogP contribution in [0, 0.1) is 17.3 Å². The SMILES string of the molecule is CCNC(=O)C1CCCN(C(=O)C(C)(C)C(C)C)C1. The van der Waals surface area contributed by atoms with Gasteiger partial charge in [-0.15, -0.1) is 0 Å². The van der Waals surface area contributed by atoms with Crippen LogP contribution in [-0.4, -0.2) is 36.3 Å². The van der Waals surface area contributed by atoms with Crippen LogP contribution in [0.1, 0.15) is 47.5 Å². The van der Waals surface area contributed by atoms with Gasteiger partial charge in [0.05, 0.1) is 5.92 Å². The van der Waals surface area contributed by atoms with Crippen LogP contribution in [0.25, 0.3) is 0 Å². The van der Waals surface area contributed by atoms with Crippen molar-refractivity contribution in [1.29, 1.82) is 0 Å². The van der Waals surface area contributed by atoms with E-state index in [-0.39, 0.29) is 23.1 Å². The second-order valence-electron chi connectivity index (χ2n) is 6.36. The largest absolute Gasteiger partial charge is 0.356 e. The molecule has 1 unspecified atom stereocenters. The summed E-state index contributed by atoms with van der Waals surface area (Å²) in [7, 11) is 0. The maximum Gasteiger partial charge on any atom is 0.228 e. The molecule has 1 atom stereocenters. The van der Waals surface area contributed by atoms with Crippen molar-refractivity contribution in [2.45, 2.75) is 47.5 Å². The van der Waals surface area contributed by atoms with Crippen LogP contribution in [0.2, 0.25) is 0 Å². The van der Waals surface area contributed by atoms with Gasteiger partial charge in [-0.05, 0) is 25.7 Å². The van der Waals surface area contributed by atoms with E-state index >= 15 is 0 Å². The highest BCUT2D eigenvalue weighted by atomic mass is 16.2. The number of hydrogen-bond acceptors (Lipinski definition) is 2. The van der Waals surface area contributed by atoms with Gasteiger partial charge in [-0.25, -0.2) is 0 Å². The van der Waals surface area contributed by atoms with Gasteiger partial charge in [-0.3, -0.25) is 9.59 Å². The molecule has 110 valence electrons. The fourth-order valence-corrected chi connectivity index (χ4v) is 2.35. The lowest BCUT2D eigenvalue weighted by Gasteiger charge is -2.38. The van der Waals surface area contributed by atoms with Crippen molar-refractivity contribution in [3.05, 3.63) is 0 Å². The summed E-state index contributed by atoms with van der Waals surface area (Å²) < 4.78 is 0. The van der Waals surface area contributed by atoms with E-state index < -0.39 is 0 Å². The molecule has 0 radical (unpaired) electrons. The Morgan fingerprint density at radius 1 is 1.37 bits per heavy atom. The topological polar surface area (TPSA) is 49.4 Å². The van der Waals surface area contributed by atoms with Crippen molar-refractivity contribution in [3.63, 3.8) is 0 Å². The molecule has 0 bridgehead atoms. The Hall–Kier alpha value is -1.06. The van der Waals surface area contributed by atoms with Crippen LogP contribution in [0.4, 0.5) is 0 Å². The predicted molar refractivity (Wildman–Crippen MR) is 76.6 cm³/mol. The molecule has 0 aromatic heterocycles. The quantitative estimate of drug-likeness (QED) is 0.848. The highest BCUT2D eigenvalue weighted by molar-refractivity contribution is 5.84. The summed E-state index contributed by atoms with van der Waals surface area (Å²) in [5.74, 6) is 0.518. The smallest absolute Gasteiger partial charge is 0.228 e. The molecule has 0 saturated carbocycles. The summed E-state index contributed by atoms with van der Waals surface area (Å²) in [6.45, 7) is 12.1. The minimum Gasteiger partial charge on any atom is -0.356 e. The maximum atomic E-state index is 12.6. The molecular weight excluding hydrogens is 240 g/mol. The molecule has 4 heteroatoms. The number of carbonyl (C=O) groups excluding carboxylic acids is 2. The van der Waals surface area contributed by atoms with E-state index in [0.717, 1.165) is 19.4 Å². The van der Waals surface area contributed by atoms with Crippen molar-refractivity contribution >= 4 is 11.8 Å². The van der Waals surface area contributed by atoms with E-state index in [1.54, 1.807) is 0 Å². The monoisotopic (exact) mass is 268 g/mol. The molecule has 1 N–H and O–H groups in total. The van der Waals surface area contributed by atoms with Gasteiger partial charge in [0.2, 0.25) is 11.8 Å². The first-order valence-electron chi connectivity index (χ1n) is 7.37. The molecule has 2 amide bonds. The number of nitrogens with one attached hydrogen (secondary N) is 1. The van der Waals surface area contributed by atoms with Gasteiger partial charge in [-0.1, -0.05) is 27.7 Å². The van der Waals surface area contributed by atoms with Gasteiger partial charge >= 0.3 is 0 Å². The lowest BCUT2D eigenvalue weighted by atomic mass is 9.79. The Morgan fingerprint density at radius 2 is 2.00 bits per heavy atom. The second-order valence-corrected chi connectivity index (χ2v) is 6.36. The first-order valence-corrected chi connectivity index (χ1v) is 7.37. The number of piperidine rings is 1. The molecule has 0 aromatic carbocycles. The molecule has 1 fully saturated rings. The summed E-state index contributed by atoms with van der Waals surface area (Å²) in [6.07, 6.45) is 1.80. The maximum absolute atomic E-state index is 12.6. The summed E-state index contributed by atoms with van der Waals surface area (Å²) in [5, 5.41) is 2.86. The average molecular weight is 268 g/mol. The third-order valence-corrected chi connectivity index (χ3v) is 4.42. The Bertz CT molecular complexity index is 337. The average Bonchev–Trinajstić information content (AvgIpc) is 2.38. The lowest BCUT2D eigenvalue weighted by molar-refractivity contribution is -0.145. The number of rotatable bonds is 4. The predicted octanol–water partition coefficient (Wildman–Crippen LogP) is 2.04. The number of nitrogens with zero attached hydrogens (tertiary/aromatic N) is 1. The molecular formula is C15H28N2O2. The van der Waals surface area contributed by atoms with Crippen molar-refractivity contribution < 1.29 is 9.59 Å². The van der Waals surface area contributed by atoms with Crippen LogP contribution < -0.4 is 5.32 Å². The highest BCUT2D eigenvalue weighted by Crippen LogP contribution is 2.30. The molecule has 1 saturated heterocycles. The third kappa shape index (κ3) is 3.71. The van der Waals surface area contributed by atoms with E-state index in [4.69, 9.17) is 0 Å². The van der Waals surface area contributed by atoms with E-state index in [2.05, 4.69) is 19.2 Å². The number of likely N-dealkylation sites (tertiary alicyclic amines) is 1. The lowest BCUT2D eigenvalue weighted by Crippen LogP contribution is -2.50. The summed E-state index contributed by atoms with van der Waals surface area (Å²) in [6, 6.07) is 0. The van der Waals surface area contributed by atoms with Crippen molar-refractivity contribution in [2.75, 3.05) is 19.6 Å². The second kappa shape index (κ2) is 6.40. The standard InChI is InChI=1S/C15H28N2O2/c1-6-16-13(18)12-8-7-9-17(10-12)14(19)15(4,5)11(2)3/h11-12H,6-10H2,1-5H3,(H,16,18). The number of amides is 2. The normalized spacial score (nSPS) is 20.5. The molecule has 0 aliphatic carbocycles. The van der Waals surface area contributed by atoms with Crippen LogP contribution in [0.15, 0.2) is 0 Å². The van der Waals surface area contributed by atoms with E-state index in [9.17, 15) is 9.59 Å². The minimum atomic E-state index is -0.358. The van der Waals surface area contributed by atoms with Crippen molar-refractivity contribution in [3.8, 4) is 0 Å². The fraction of sp³-hybridized carbons (Fsp3) is 0.867. The van der Waals surface area contributed by atoms with E-state index in [0.29, 0.717) is 19.0 Å². The Balaban J connectivity index is 2.69. The zero-order valence-electron chi connectivity index (χ0n) is 13.0. The molecule has 0 aromatic rings. The molecule has 19 heavy (non-hydrogen) atoms. The first kappa shape index (κ1) is 16.0. The Morgan fingerprint density at radius 3 is 2.53 bits per heavy atom. The molecule has 1 aliphatic heterocycles. The summed E-state index contributed by atoms with van der Waals surface area (Å²) >= 11 is 0. The van der Waals surface area contributed by atoms with Crippen LogP contribution >= 0.6 is 0 Å². The van der Waals surface area contributed by atoms with Crippen LogP contribution in [0.3, 0.4) is 0 Å². The summed E-state index contributed by atoms with van der Waals surface area (Å²) in [5.41, 5.74) is -0.358. The van der Waals surface area contributed by atoms with Gasteiger partial charge in [0, 0.05) is 25.0 Å². The van der Waals surface area contributed by atoms with Crippen molar-refractivity contribution in [2.24, 2.45) is 17.3 Å². The molecule has 1 rings (SSSR count). The Labute approximate surface area is 116 Å². The van der Waals surface area contributed by atoms with Gasteiger partial charge in [0.15, 0.2) is 0 Å². The third-order valence-electron chi connectivity index (χ3n) is 4.42. The van der Waals surface area contributed by atoms with Crippen LogP contribution in [0.5, 0.6) is 0 Å². The van der Waals surface area contributed by atoms with E-state index in [1.165, 1.54) is 0 Å². The van der Waals surface area contributed by atoms with Gasteiger partial charge in [-0.2, -0.15) is 0 Å². The number of carbonyl (C=O) groups is 2. The highest BCUT2D eigenvalue weighted by Gasteiger charge is 2.37. The van der Waals surface area contributed by atoms with Gasteiger partial charge in [0.25, 0.3) is 0 Å². The fourth-order valence-electron chi connectivity index (χ4n) is 2.35. The zero-order chi connectivity index (χ0) is 14.6. The minimum absolute atomic E-state index is 0.0411.